The fourth-order valence-corrected chi connectivity index (χ4v) is 3.52. The number of rotatable bonds is 10. The number of hydrogen-bond acceptors (Lipinski definition) is 8. The first kappa shape index (κ1) is 21.1. The normalized spacial score (nSPS) is 14.1. The molecule has 1 aliphatic rings. The minimum atomic E-state index is 0.228. The van der Waals surface area contributed by atoms with Crippen molar-refractivity contribution in [3.05, 3.63) is 53.9 Å². The van der Waals surface area contributed by atoms with Gasteiger partial charge in [0.15, 0.2) is 11.5 Å². The number of nitrogens with zero attached hydrogens (tertiary/aromatic N) is 3. The number of nitrogens with two attached hydrogens (primary N) is 1. The van der Waals surface area contributed by atoms with Crippen molar-refractivity contribution < 1.29 is 18.7 Å². The molecule has 8 heteroatoms. The fourth-order valence-electron chi connectivity index (χ4n) is 3.52. The highest BCUT2D eigenvalue weighted by atomic mass is 16.5. The maximum Gasteiger partial charge on any atom is 0.252 e. The molecule has 2 aromatic carbocycles. The van der Waals surface area contributed by atoms with Crippen molar-refractivity contribution in [2.75, 3.05) is 39.1 Å². The molecule has 0 bridgehead atoms. The van der Waals surface area contributed by atoms with Crippen LogP contribution in [0.4, 0.5) is 5.69 Å². The van der Waals surface area contributed by atoms with Gasteiger partial charge in [0.2, 0.25) is 5.82 Å². The van der Waals surface area contributed by atoms with Crippen molar-refractivity contribution in [3.8, 4) is 22.9 Å². The van der Waals surface area contributed by atoms with Crippen LogP contribution in [-0.2, 0) is 18.0 Å². The monoisotopic (exact) mass is 424 g/mol. The SMILES string of the molecule is COc1cc(-c2noc(COCc3ccc(N)cc3)n2)ccc1OCCN1CCCC1. The lowest BCUT2D eigenvalue weighted by Crippen LogP contribution is -2.25. The molecule has 0 spiro atoms. The highest BCUT2D eigenvalue weighted by Gasteiger charge is 2.14. The van der Waals surface area contributed by atoms with E-state index in [9.17, 15) is 0 Å². The molecule has 1 aliphatic heterocycles. The zero-order valence-corrected chi connectivity index (χ0v) is 17.8. The highest BCUT2D eigenvalue weighted by molar-refractivity contribution is 5.60. The Morgan fingerprint density at radius 1 is 1.03 bits per heavy atom. The molecule has 0 amide bonds. The molecule has 164 valence electrons. The summed E-state index contributed by atoms with van der Waals surface area (Å²) < 4.78 is 22.4. The summed E-state index contributed by atoms with van der Waals surface area (Å²) >= 11 is 0. The van der Waals surface area contributed by atoms with E-state index in [1.807, 2.05) is 42.5 Å². The molecular formula is C23H28N4O4. The Kier molecular flexibility index (Phi) is 7.01. The molecule has 1 aromatic heterocycles. The van der Waals surface area contributed by atoms with Crippen LogP contribution >= 0.6 is 0 Å². The summed E-state index contributed by atoms with van der Waals surface area (Å²) in [4.78, 5) is 6.83. The molecule has 0 aliphatic carbocycles. The van der Waals surface area contributed by atoms with Gasteiger partial charge in [-0.25, -0.2) is 0 Å². The van der Waals surface area contributed by atoms with Crippen LogP contribution in [0, 0.1) is 0 Å². The molecule has 3 aromatic rings. The lowest BCUT2D eigenvalue weighted by atomic mass is 10.2. The predicted octanol–water partition coefficient (Wildman–Crippen LogP) is 3.52. The Labute approximate surface area is 181 Å². The predicted molar refractivity (Wildman–Crippen MR) is 117 cm³/mol. The van der Waals surface area contributed by atoms with Crippen LogP contribution in [0.1, 0.15) is 24.3 Å². The smallest absolute Gasteiger partial charge is 0.252 e. The van der Waals surface area contributed by atoms with Gasteiger partial charge in [0, 0.05) is 17.8 Å². The molecule has 8 nitrogen and oxygen atoms in total. The van der Waals surface area contributed by atoms with Gasteiger partial charge in [0.05, 0.1) is 13.7 Å². The maximum absolute atomic E-state index is 5.93. The molecule has 2 N–H and O–H groups in total. The Morgan fingerprint density at radius 2 is 1.84 bits per heavy atom. The summed E-state index contributed by atoms with van der Waals surface area (Å²) in [5.74, 6) is 2.24. The fraction of sp³-hybridized carbons (Fsp3) is 0.391. The van der Waals surface area contributed by atoms with Gasteiger partial charge in [-0.3, -0.25) is 4.90 Å². The van der Waals surface area contributed by atoms with Crippen molar-refractivity contribution >= 4 is 5.69 Å². The van der Waals surface area contributed by atoms with E-state index in [2.05, 4.69) is 15.0 Å². The zero-order chi connectivity index (χ0) is 21.5. The molecule has 0 unspecified atom stereocenters. The Bertz CT molecular complexity index is 968. The molecule has 1 fully saturated rings. The zero-order valence-electron chi connectivity index (χ0n) is 17.8. The van der Waals surface area contributed by atoms with Gasteiger partial charge in [0.1, 0.15) is 13.2 Å². The quantitative estimate of drug-likeness (QED) is 0.494. The summed E-state index contributed by atoms with van der Waals surface area (Å²) in [7, 11) is 1.62. The van der Waals surface area contributed by atoms with Gasteiger partial charge in [0.25, 0.3) is 5.89 Å². The standard InChI is InChI=1S/C23H28N4O4/c1-28-21-14-18(6-9-20(21)30-13-12-27-10-2-3-11-27)23-25-22(31-26-23)16-29-15-17-4-7-19(24)8-5-17/h4-9,14H,2-3,10-13,15-16,24H2,1H3. The number of hydrogen-bond donors (Lipinski definition) is 1. The first-order chi connectivity index (χ1) is 15.2. The second kappa shape index (κ2) is 10.3. The van der Waals surface area contributed by atoms with E-state index in [1.54, 1.807) is 7.11 Å². The van der Waals surface area contributed by atoms with Gasteiger partial charge in [-0.05, 0) is 61.8 Å². The molecule has 4 rings (SSSR count). The third-order valence-corrected chi connectivity index (χ3v) is 5.23. The van der Waals surface area contributed by atoms with E-state index < -0.39 is 0 Å². The van der Waals surface area contributed by atoms with Crippen LogP contribution < -0.4 is 15.2 Å². The molecule has 0 radical (unpaired) electrons. The number of ether oxygens (including phenoxy) is 3. The summed E-state index contributed by atoms with van der Waals surface area (Å²) in [6.45, 7) is 4.54. The summed E-state index contributed by atoms with van der Waals surface area (Å²) in [6.07, 6.45) is 2.55. The van der Waals surface area contributed by atoms with Crippen LogP contribution in [0.5, 0.6) is 11.5 Å². The summed E-state index contributed by atoms with van der Waals surface area (Å²) in [5.41, 5.74) is 8.23. The maximum atomic E-state index is 5.93. The minimum absolute atomic E-state index is 0.228. The van der Waals surface area contributed by atoms with E-state index in [1.165, 1.54) is 12.8 Å². The Hall–Kier alpha value is -3.10. The van der Waals surface area contributed by atoms with Gasteiger partial charge in [-0.15, -0.1) is 0 Å². The van der Waals surface area contributed by atoms with E-state index >= 15 is 0 Å². The topological polar surface area (TPSA) is 95.9 Å². The number of anilines is 1. The van der Waals surface area contributed by atoms with Crippen LogP contribution in [0.2, 0.25) is 0 Å². The van der Waals surface area contributed by atoms with Crippen LogP contribution in [0.3, 0.4) is 0 Å². The number of nitrogen functional groups attached to an aromatic ring is 1. The van der Waals surface area contributed by atoms with E-state index in [4.69, 9.17) is 24.5 Å². The Morgan fingerprint density at radius 3 is 2.61 bits per heavy atom. The van der Waals surface area contributed by atoms with Gasteiger partial charge >= 0.3 is 0 Å². The van der Waals surface area contributed by atoms with Gasteiger partial charge < -0.3 is 24.5 Å². The summed E-state index contributed by atoms with van der Waals surface area (Å²) in [6, 6.07) is 13.2. The molecular weight excluding hydrogens is 396 g/mol. The lowest BCUT2D eigenvalue weighted by Gasteiger charge is -2.16. The average molecular weight is 425 g/mol. The summed E-state index contributed by atoms with van der Waals surface area (Å²) in [5, 5.41) is 4.06. The highest BCUT2D eigenvalue weighted by Crippen LogP contribution is 2.31. The Balaban J connectivity index is 1.32. The molecule has 1 saturated heterocycles. The van der Waals surface area contributed by atoms with Crippen LogP contribution in [-0.4, -0.2) is 48.4 Å². The van der Waals surface area contributed by atoms with Crippen LogP contribution in [0.25, 0.3) is 11.4 Å². The van der Waals surface area contributed by atoms with Crippen molar-refractivity contribution in [3.63, 3.8) is 0 Å². The molecule has 2 heterocycles. The third-order valence-electron chi connectivity index (χ3n) is 5.23. The number of methoxy groups -OCH3 is 1. The third kappa shape index (κ3) is 5.74. The van der Waals surface area contributed by atoms with Crippen molar-refractivity contribution in [2.45, 2.75) is 26.1 Å². The first-order valence-electron chi connectivity index (χ1n) is 10.5. The van der Waals surface area contributed by atoms with E-state index in [-0.39, 0.29) is 6.61 Å². The molecule has 0 saturated carbocycles. The van der Waals surface area contributed by atoms with Crippen molar-refractivity contribution in [2.24, 2.45) is 0 Å². The molecule has 0 atom stereocenters. The van der Waals surface area contributed by atoms with Gasteiger partial charge in [-0.1, -0.05) is 17.3 Å². The van der Waals surface area contributed by atoms with Crippen molar-refractivity contribution in [1.82, 2.24) is 15.0 Å². The van der Waals surface area contributed by atoms with Crippen molar-refractivity contribution in [1.29, 1.82) is 0 Å². The number of aromatic nitrogens is 2. The largest absolute Gasteiger partial charge is 0.493 e. The van der Waals surface area contributed by atoms with E-state index in [0.29, 0.717) is 36.4 Å². The van der Waals surface area contributed by atoms with Crippen LogP contribution in [0.15, 0.2) is 47.0 Å². The molecule has 31 heavy (non-hydrogen) atoms. The second-order valence-corrected chi connectivity index (χ2v) is 7.51. The first-order valence-corrected chi connectivity index (χ1v) is 10.5. The number of benzene rings is 2. The lowest BCUT2D eigenvalue weighted by molar-refractivity contribution is 0.0850. The second-order valence-electron chi connectivity index (χ2n) is 7.51. The van der Waals surface area contributed by atoms with E-state index in [0.717, 1.165) is 36.4 Å². The minimum Gasteiger partial charge on any atom is -0.493 e. The van der Waals surface area contributed by atoms with Gasteiger partial charge in [-0.2, -0.15) is 4.98 Å². The average Bonchev–Trinajstić information content (AvgIpc) is 3.48. The number of likely N-dealkylation sites (tertiary alicyclic amines) is 1.